The molecule has 0 fully saturated rings. The molecule has 92 valence electrons. The third-order valence-electron chi connectivity index (χ3n) is 2.62. The molecule has 0 bridgehead atoms. The normalized spacial score (nSPS) is 15.4. The Morgan fingerprint density at radius 1 is 1.13 bits per heavy atom. The van der Waals surface area contributed by atoms with E-state index in [1.165, 1.54) is 6.42 Å². The van der Waals surface area contributed by atoms with E-state index in [0.717, 1.165) is 19.4 Å². The maximum absolute atomic E-state index is 5.89. The Balaban J connectivity index is 3.84. The minimum atomic E-state index is 0.214. The third-order valence-corrected chi connectivity index (χ3v) is 2.62. The first-order valence-electron chi connectivity index (χ1n) is 6.17. The van der Waals surface area contributed by atoms with Crippen molar-refractivity contribution in [1.29, 1.82) is 0 Å². The van der Waals surface area contributed by atoms with Crippen LogP contribution in [-0.4, -0.2) is 18.1 Å². The Hall–Kier alpha value is -0.0800. The number of rotatable bonds is 6. The summed E-state index contributed by atoms with van der Waals surface area (Å²) in [7, 11) is 0. The molecular weight excluding hydrogens is 184 g/mol. The van der Waals surface area contributed by atoms with Gasteiger partial charge in [0.1, 0.15) is 0 Å². The molecule has 0 amide bonds. The quantitative estimate of drug-likeness (QED) is 0.713. The van der Waals surface area contributed by atoms with E-state index in [1.807, 2.05) is 0 Å². The lowest BCUT2D eigenvalue weighted by molar-refractivity contribution is 0.240. The van der Waals surface area contributed by atoms with Crippen LogP contribution in [-0.2, 0) is 0 Å². The van der Waals surface area contributed by atoms with Gasteiger partial charge in [-0.2, -0.15) is 0 Å². The van der Waals surface area contributed by atoms with E-state index in [4.69, 9.17) is 5.73 Å². The highest BCUT2D eigenvalue weighted by molar-refractivity contribution is 4.83. The summed E-state index contributed by atoms with van der Waals surface area (Å²) in [5, 5.41) is 3.60. The molecule has 0 rings (SSSR count). The second-order valence-electron chi connectivity index (χ2n) is 6.51. The predicted octanol–water partition coefficient (Wildman–Crippen LogP) is 2.92. The zero-order valence-corrected chi connectivity index (χ0v) is 11.5. The van der Waals surface area contributed by atoms with Gasteiger partial charge in [-0.25, -0.2) is 0 Å². The van der Waals surface area contributed by atoms with Gasteiger partial charge in [0.25, 0.3) is 0 Å². The lowest BCUT2D eigenvalue weighted by Gasteiger charge is -2.33. The molecule has 0 radical (unpaired) electrons. The Morgan fingerprint density at radius 2 is 1.67 bits per heavy atom. The van der Waals surface area contributed by atoms with Crippen LogP contribution in [0.4, 0.5) is 0 Å². The molecule has 0 aliphatic carbocycles. The van der Waals surface area contributed by atoms with Crippen molar-refractivity contribution in [3.8, 4) is 0 Å². The van der Waals surface area contributed by atoms with E-state index in [9.17, 15) is 0 Å². The average Bonchev–Trinajstić information content (AvgIpc) is 1.98. The van der Waals surface area contributed by atoms with Crippen LogP contribution in [0.2, 0.25) is 0 Å². The van der Waals surface area contributed by atoms with Gasteiger partial charge in [0.2, 0.25) is 0 Å². The van der Waals surface area contributed by atoms with Crippen LogP contribution in [0.1, 0.15) is 60.8 Å². The lowest BCUT2D eigenvalue weighted by atomic mass is 9.82. The fourth-order valence-electron chi connectivity index (χ4n) is 2.19. The smallest absolute Gasteiger partial charge is 0.0130 e. The summed E-state index contributed by atoms with van der Waals surface area (Å²) in [4.78, 5) is 0. The average molecular weight is 214 g/mol. The summed E-state index contributed by atoms with van der Waals surface area (Å²) in [6.45, 7) is 14.6. The topological polar surface area (TPSA) is 38.0 Å². The second kappa shape index (κ2) is 5.86. The summed E-state index contributed by atoms with van der Waals surface area (Å²) in [5.41, 5.74) is 6.48. The van der Waals surface area contributed by atoms with Gasteiger partial charge in [-0.3, -0.25) is 0 Å². The van der Waals surface area contributed by atoms with E-state index < -0.39 is 0 Å². The summed E-state index contributed by atoms with van der Waals surface area (Å²) >= 11 is 0. The Morgan fingerprint density at radius 3 is 2.07 bits per heavy atom. The Bertz CT molecular complexity index is 168. The van der Waals surface area contributed by atoms with Crippen molar-refractivity contribution in [3.05, 3.63) is 0 Å². The van der Waals surface area contributed by atoms with Gasteiger partial charge in [0.05, 0.1) is 0 Å². The Labute approximate surface area is 96.0 Å². The van der Waals surface area contributed by atoms with E-state index in [2.05, 4.69) is 46.9 Å². The maximum atomic E-state index is 5.89. The van der Waals surface area contributed by atoms with Crippen LogP contribution in [0, 0.1) is 5.41 Å². The van der Waals surface area contributed by atoms with Crippen molar-refractivity contribution in [2.75, 3.05) is 6.54 Å². The van der Waals surface area contributed by atoms with Crippen molar-refractivity contribution in [1.82, 2.24) is 5.32 Å². The van der Waals surface area contributed by atoms with Crippen LogP contribution in [0.15, 0.2) is 0 Å². The number of hydrogen-bond donors (Lipinski definition) is 2. The third kappa shape index (κ3) is 8.88. The van der Waals surface area contributed by atoms with Crippen LogP contribution in [0.5, 0.6) is 0 Å². The first kappa shape index (κ1) is 14.9. The van der Waals surface area contributed by atoms with Crippen molar-refractivity contribution in [2.45, 2.75) is 72.4 Å². The summed E-state index contributed by atoms with van der Waals surface area (Å²) in [5.74, 6) is 0. The van der Waals surface area contributed by atoms with Gasteiger partial charge in [-0.15, -0.1) is 0 Å². The maximum Gasteiger partial charge on any atom is 0.0130 e. The van der Waals surface area contributed by atoms with Crippen molar-refractivity contribution < 1.29 is 0 Å². The van der Waals surface area contributed by atoms with Crippen LogP contribution < -0.4 is 11.1 Å². The van der Waals surface area contributed by atoms with E-state index in [0.29, 0.717) is 11.5 Å². The number of nitrogens with two attached hydrogens (primary N) is 1. The molecule has 0 aromatic carbocycles. The number of hydrogen-bond acceptors (Lipinski definition) is 2. The largest absolute Gasteiger partial charge is 0.328 e. The molecule has 0 heterocycles. The van der Waals surface area contributed by atoms with Crippen LogP contribution in [0.25, 0.3) is 0 Å². The molecule has 1 unspecified atom stereocenters. The molecule has 0 saturated carbocycles. The van der Waals surface area contributed by atoms with Crippen LogP contribution in [0.3, 0.4) is 0 Å². The predicted molar refractivity (Wildman–Crippen MR) is 69.0 cm³/mol. The summed E-state index contributed by atoms with van der Waals surface area (Å²) < 4.78 is 0. The molecular formula is C13H30N2. The molecule has 0 saturated heterocycles. The zero-order valence-electron chi connectivity index (χ0n) is 11.5. The summed E-state index contributed by atoms with van der Waals surface area (Å²) in [6.07, 6.45) is 3.33. The Kier molecular flexibility index (Phi) is 5.82. The molecule has 0 spiro atoms. The first-order chi connectivity index (χ1) is 6.66. The van der Waals surface area contributed by atoms with Gasteiger partial charge in [0.15, 0.2) is 0 Å². The highest BCUT2D eigenvalue weighted by atomic mass is 15.0. The fourth-order valence-corrected chi connectivity index (χ4v) is 2.19. The molecule has 0 aliphatic heterocycles. The van der Waals surface area contributed by atoms with Crippen molar-refractivity contribution in [3.63, 3.8) is 0 Å². The van der Waals surface area contributed by atoms with Crippen molar-refractivity contribution >= 4 is 0 Å². The molecule has 3 N–H and O–H groups in total. The van der Waals surface area contributed by atoms with Gasteiger partial charge in [-0.1, -0.05) is 27.7 Å². The van der Waals surface area contributed by atoms with Gasteiger partial charge >= 0.3 is 0 Å². The SMILES string of the molecule is CCC(N)CCNC(C)(C)CC(C)(C)C. The highest BCUT2D eigenvalue weighted by Gasteiger charge is 2.24. The standard InChI is InChI=1S/C13H30N2/c1-7-11(14)8-9-15-13(5,6)10-12(2,3)4/h11,15H,7-10,14H2,1-6H3. The second-order valence-corrected chi connectivity index (χ2v) is 6.51. The molecule has 0 aliphatic rings. The van der Waals surface area contributed by atoms with E-state index in [1.54, 1.807) is 0 Å². The van der Waals surface area contributed by atoms with E-state index >= 15 is 0 Å². The molecule has 2 nitrogen and oxygen atoms in total. The fraction of sp³-hybridized carbons (Fsp3) is 1.00. The minimum Gasteiger partial charge on any atom is -0.328 e. The van der Waals surface area contributed by atoms with Crippen LogP contribution >= 0.6 is 0 Å². The molecule has 2 heteroatoms. The highest BCUT2D eigenvalue weighted by Crippen LogP contribution is 2.26. The molecule has 0 aromatic heterocycles. The van der Waals surface area contributed by atoms with Gasteiger partial charge in [0, 0.05) is 11.6 Å². The first-order valence-corrected chi connectivity index (χ1v) is 6.17. The zero-order chi connectivity index (χ0) is 12.1. The lowest BCUT2D eigenvalue weighted by Crippen LogP contribution is -2.43. The van der Waals surface area contributed by atoms with E-state index in [-0.39, 0.29) is 5.54 Å². The van der Waals surface area contributed by atoms with Crippen molar-refractivity contribution in [2.24, 2.45) is 11.1 Å². The molecule has 0 aromatic rings. The van der Waals surface area contributed by atoms with Gasteiger partial charge < -0.3 is 11.1 Å². The van der Waals surface area contributed by atoms with Gasteiger partial charge in [-0.05, 0) is 45.1 Å². The molecule has 15 heavy (non-hydrogen) atoms. The monoisotopic (exact) mass is 214 g/mol. The number of nitrogens with one attached hydrogen (secondary N) is 1. The molecule has 1 atom stereocenters. The summed E-state index contributed by atoms with van der Waals surface area (Å²) in [6, 6.07) is 0.350. The minimum absolute atomic E-state index is 0.214.